The molecule has 154 valence electrons. The molecule has 1 N–H and O–H groups in total. The maximum absolute atomic E-state index is 12.6. The molecular weight excluding hydrogens is 406 g/mol. The largest absolute Gasteiger partial charge is 0.353 e. The first kappa shape index (κ1) is 20.2. The van der Waals surface area contributed by atoms with Crippen molar-refractivity contribution in [3.05, 3.63) is 35.0 Å². The van der Waals surface area contributed by atoms with Crippen molar-refractivity contribution >= 4 is 44.3 Å². The molecule has 0 bridgehead atoms. The lowest BCUT2D eigenvalue weighted by Gasteiger charge is -2.32. The van der Waals surface area contributed by atoms with Crippen LogP contribution in [0.3, 0.4) is 0 Å². The van der Waals surface area contributed by atoms with Gasteiger partial charge in [0.2, 0.25) is 5.91 Å². The van der Waals surface area contributed by atoms with Crippen LogP contribution in [-0.2, 0) is 4.79 Å². The van der Waals surface area contributed by atoms with Crippen LogP contribution in [0.15, 0.2) is 24.3 Å². The fourth-order valence-electron chi connectivity index (χ4n) is 3.65. The highest BCUT2D eigenvalue weighted by atomic mass is 35.5. The molecule has 2 atom stereocenters. The predicted octanol–water partition coefficient (Wildman–Crippen LogP) is 4.57. The third kappa shape index (κ3) is 4.12. The maximum atomic E-state index is 12.6. The first-order valence-electron chi connectivity index (χ1n) is 10.1. The van der Waals surface area contributed by atoms with Crippen LogP contribution >= 0.6 is 22.9 Å². The molecule has 0 radical (unpaired) electrons. The molecule has 3 aromatic rings. The lowest BCUT2D eigenvalue weighted by Crippen LogP contribution is -2.45. The first-order chi connectivity index (χ1) is 14.0. The van der Waals surface area contributed by atoms with Gasteiger partial charge in [-0.25, -0.2) is 4.68 Å². The quantitative estimate of drug-likeness (QED) is 0.642. The Labute approximate surface area is 179 Å². The van der Waals surface area contributed by atoms with E-state index in [1.54, 1.807) is 11.3 Å². The van der Waals surface area contributed by atoms with Crippen LogP contribution in [0.2, 0.25) is 5.02 Å². The summed E-state index contributed by atoms with van der Waals surface area (Å²) in [5.41, 5.74) is 2.76. The number of piperidine rings is 1. The Kier molecular flexibility index (Phi) is 5.79. The number of benzene rings is 1. The molecule has 2 unspecified atom stereocenters. The zero-order valence-corrected chi connectivity index (χ0v) is 18.6. The number of thiazole rings is 1. The monoisotopic (exact) mass is 431 g/mol. The van der Waals surface area contributed by atoms with Crippen molar-refractivity contribution in [2.45, 2.75) is 46.1 Å². The third-order valence-electron chi connectivity index (χ3n) is 5.51. The van der Waals surface area contributed by atoms with E-state index in [4.69, 9.17) is 16.6 Å². The SMILES string of the molecule is CCC(C)NC(=O)C1CCCN(c2nc3c(s2)c(C)nn3-c2ccc(Cl)cc2)C1. The number of carbonyl (C=O) groups is 1. The fraction of sp³-hybridized carbons (Fsp3) is 0.476. The lowest BCUT2D eigenvalue weighted by molar-refractivity contribution is -0.125. The lowest BCUT2D eigenvalue weighted by atomic mass is 9.97. The molecular formula is C21H26ClN5OS. The van der Waals surface area contributed by atoms with Crippen LogP contribution in [0.5, 0.6) is 0 Å². The number of nitrogens with one attached hydrogen (secondary N) is 1. The molecule has 6 nitrogen and oxygen atoms in total. The summed E-state index contributed by atoms with van der Waals surface area (Å²) in [5.74, 6) is 0.173. The number of aryl methyl sites for hydroxylation is 1. The zero-order valence-electron chi connectivity index (χ0n) is 17.0. The number of hydrogen-bond acceptors (Lipinski definition) is 5. The molecule has 1 fully saturated rings. The molecule has 1 aliphatic rings. The van der Waals surface area contributed by atoms with E-state index in [0.717, 1.165) is 52.7 Å². The maximum Gasteiger partial charge on any atom is 0.225 e. The third-order valence-corrected chi connectivity index (χ3v) is 6.98. The van der Waals surface area contributed by atoms with Crippen molar-refractivity contribution in [2.24, 2.45) is 5.92 Å². The van der Waals surface area contributed by atoms with E-state index in [1.165, 1.54) is 0 Å². The van der Waals surface area contributed by atoms with E-state index in [9.17, 15) is 4.79 Å². The fourth-order valence-corrected chi connectivity index (χ4v) is 4.80. The van der Waals surface area contributed by atoms with E-state index < -0.39 is 0 Å². The van der Waals surface area contributed by atoms with Crippen LogP contribution in [0.1, 0.15) is 38.8 Å². The summed E-state index contributed by atoms with van der Waals surface area (Å²) in [6.45, 7) is 7.79. The second-order valence-electron chi connectivity index (χ2n) is 7.73. The van der Waals surface area contributed by atoms with Crippen molar-refractivity contribution in [2.75, 3.05) is 18.0 Å². The average Bonchev–Trinajstić information content (AvgIpc) is 3.29. The Bertz CT molecular complexity index is 1010. The number of anilines is 1. The van der Waals surface area contributed by atoms with Crippen molar-refractivity contribution in [1.29, 1.82) is 0 Å². The Morgan fingerprint density at radius 2 is 2.14 bits per heavy atom. The molecule has 1 aromatic carbocycles. The second-order valence-corrected chi connectivity index (χ2v) is 9.14. The predicted molar refractivity (Wildman–Crippen MR) is 119 cm³/mol. The molecule has 4 rings (SSSR count). The van der Waals surface area contributed by atoms with Crippen molar-refractivity contribution in [1.82, 2.24) is 20.1 Å². The minimum atomic E-state index is 0.0126. The standard InChI is InChI=1S/C21H26ClN5OS/c1-4-13(2)23-20(28)15-6-5-11-26(12-15)21-24-19-18(29-21)14(3)25-27(19)17-9-7-16(22)8-10-17/h7-10,13,15H,4-6,11-12H2,1-3H3,(H,23,28). The number of fused-ring (bicyclic) bond motifs is 1. The summed E-state index contributed by atoms with van der Waals surface area (Å²) in [7, 11) is 0. The number of amides is 1. The van der Waals surface area contributed by atoms with Gasteiger partial charge in [-0.1, -0.05) is 29.9 Å². The number of rotatable bonds is 5. The van der Waals surface area contributed by atoms with E-state index >= 15 is 0 Å². The van der Waals surface area contributed by atoms with Gasteiger partial charge in [0.05, 0.1) is 22.0 Å². The molecule has 1 aliphatic heterocycles. The number of hydrogen-bond donors (Lipinski definition) is 1. The zero-order chi connectivity index (χ0) is 20.5. The summed E-state index contributed by atoms with van der Waals surface area (Å²) in [4.78, 5) is 19.8. The molecule has 0 aliphatic carbocycles. The summed E-state index contributed by atoms with van der Waals surface area (Å²) >= 11 is 7.68. The topological polar surface area (TPSA) is 63.1 Å². The minimum Gasteiger partial charge on any atom is -0.353 e. The van der Waals surface area contributed by atoms with Crippen LogP contribution in [0.4, 0.5) is 5.13 Å². The van der Waals surface area contributed by atoms with Crippen molar-refractivity contribution in [3.63, 3.8) is 0 Å². The summed E-state index contributed by atoms with van der Waals surface area (Å²) in [6, 6.07) is 7.83. The normalized spacial score (nSPS) is 18.2. The second kappa shape index (κ2) is 8.32. The van der Waals surface area contributed by atoms with Gasteiger partial charge in [-0.3, -0.25) is 4.79 Å². The molecule has 0 saturated carbocycles. The average molecular weight is 432 g/mol. The molecule has 3 heterocycles. The molecule has 8 heteroatoms. The van der Waals surface area contributed by atoms with Gasteiger partial charge in [-0.15, -0.1) is 0 Å². The highest BCUT2D eigenvalue weighted by molar-refractivity contribution is 7.22. The van der Waals surface area contributed by atoms with Gasteiger partial charge in [0.25, 0.3) is 0 Å². The van der Waals surface area contributed by atoms with Gasteiger partial charge in [-0.05, 0) is 57.4 Å². The first-order valence-corrected chi connectivity index (χ1v) is 11.3. The molecule has 0 spiro atoms. The summed E-state index contributed by atoms with van der Waals surface area (Å²) < 4.78 is 2.96. The van der Waals surface area contributed by atoms with E-state index in [1.807, 2.05) is 35.9 Å². The number of aromatic nitrogens is 3. The highest BCUT2D eigenvalue weighted by Crippen LogP contribution is 2.34. The van der Waals surface area contributed by atoms with E-state index in [-0.39, 0.29) is 17.9 Å². The molecule has 2 aromatic heterocycles. The molecule has 1 amide bonds. The number of carbonyl (C=O) groups excluding carboxylic acids is 1. The summed E-state index contributed by atoms with van der Waals surface area (Å²) in [5, 5.41) is 9.45. The van der Waals surface area contributed by atoms with Gasteiger partial charge < -0.3 is 10.2 Å². The van der Waals surface area contributed by atoms with Crippen LogP contribution in [0, 0.1) is 12.8 Å². The molecule has 1 saturated heterocycles. The van der Waals surface area contributed by atoms with Gasteiger partial charge >= 0.3 is 0 Å². The Morgan fingerprint density at radius 1 is 1.38 bits per heavy atom. The van der Waals surface area contributed by atoms with Crippen molar-refractivity contribution < 1.29 is 4.79 Å². The van der Waals surface area contributed by atoms with Gasteiger partial charge in [0.1, 0.15) is 0 Å². The van der Waals surface area contributed by atoms with Crippen LogP contribution in [-0.4, -0.2) is 39.8 Å². The van der Waals surface area contributed by atoms with E-state index in [0.29, 0.717) is 11.6 Å². The summed E-state index contributed by atoms with van der Waals surface area (Å²) in [6.07, 6.45) is 2.87. The Balaban J connectivity index is 1.59. The number of nitrogens with zero attached hydrogens (tertiary/aromatic N) is 4. The van der Waals surface area contributed by atoms with E-state index in [2.05, 4.69) is 29.2 Å². The van der Waals surface area contributed by atoms with Gasteiger partial charge in [-0.2, -0.15) is 10.1 Å². The molecule has 29 heavy (non-hydrogen) atoms. The Morgan fingerprint density at radius 3 is 2.86 bits per heavy atom. The number of halogens is 1. The smallest absolute Gasteiger partial charge is 0.225 e. The minimum absolute atomic E-state index is 0.0126. The van der Waals surface area contributed by atoms with Crippen LogP contribution < -0.4 is 10.2 Å². The van der Waals surface area contributed by atoms with Crippen LogP contribution in [0.25, 0.3) is 16.0 Å². The van der Waals surface area contributed by atoms with Crippen molar-refractivity contribution in [3.8, 4) is 5.69 Å². The van der Waals surface area contributed by atoms with Gasteiger partial charge in [0.15, 0.2) is 10.8 Å². The Hall–Kier alpha value is -2.12. The van der Waals surface area contributed by atoms with Gasteiger partial charge in [0, 0.05) is 24.2 Å². The highest BCUT2D eigenvalue weighted by Gasteiger charge is 2.28.